The van der Waals surface area contributed by atoms with Crippen LogP contribution in [0.25, 0.3) is 0 Å². The number of alkyl halides is 3. The number of hydrogen-bond donors (Lipinski definition) is 1. The van der Waals surface area contributed by atoms with Crippen molar-refractivity contribution >= 4 is 33.9 Å². The van der Waals surface area contributed by atoms with Crippen molar-refractivity contribution in [3.63, 3.8) is 0 Å². The first-order chi connectivity index (χ1) is 8.86. The van der Waals surface area contributed by atoms with E-state index in [9.17, 15) is 18.3 Å². The van der Waals surface area contributed by atoms with Crippen molar-refractivity contribution in [2.45, 2.75) is 18.7 Å². The molecule has 0 saturated heterocycles. The molecule has 2 rings (SSSR count). The van der Waals surface area contributed by atoms with Crippen LogP contribution in [0.4, 0.5) is 13.2 Å². The Labute approximate surface area is 126 Å². The SMILES string of the molecule is OC(Cc1ccc(C(F)(F)F)cc1)c1csc(I)c1. The summed E-state index contributed by atoms with van der Waals surface area (Å²) in [6, 6.07) is 6.77. The number of rotatable bonds is 3. The molecule has 0 amide bonds. The van der Waals surface area contributed by atoms with Crippen molar-refractivity contribution in [3.8, 4) is 0 Å². The van der Waals surface area contributed by atoms with Gasteiger partial charge in [0.1, 0.15) is 0 Å². The summed E-state index contributed by atoms with van der Waals surface area (Å²) < 4.78 is 38.3. The highest BCUT2D eigenvalue weighted by Gasteiger charge is 2.29. The van der Waals surface area contributed by atoms with Crippen LogP contribution in [-0.2, 0) is 12.6 Å². The predicted octanol–water partition coefficient (Wildman–Crippen LogP) is 4.65. The Bertz CT molecular complexity index is 548. The summed E-state index contributed by atoms with van der Waals surface area (Å²) in [4.78, 5) is 0. The summed E-state index contributed by atoms with van der Waals surface area (Å²) in [5.41, 5.74) is 0.812. The molecule has 0 saturated carbocycles. The molecule has 0 bridgehead atoms. The molecule has 1 unspecified atom stereocenters. The molecule has 0 fully saturated rings. The average Bonchev–Trinajstić information content (AvgIpc) is 2.75. The molecule has 0 radical (unpaired) electrons. The van der Waals surface area contributed by atoms with Crippen LogP contribution in [0.15, 0.2) is 35.7 Å². The minimum atomic E-state index is -4.32. The highest BCUT2D eigenvalue weighted by atomic mass is 127. The van der Waals surface area contributed by atoms with Crippen LogP contribution in [-0.4, -0.2) is 5.11 Å². The lowest BCUT2D eigenvalue weighted by molar-refractivity contribution is -0.137. The molecule has 1 aromatic heterocycles. The summed E-state index contributed by atoms with van der Waals surface area (Å²) in [7, 11) is 0. The molecule has 19 heavy (non-hydrogen) atoms. The summed E-state index contributed by atoms with van der Waals surface area (Å²) in [6.45, 7) is 0. The topological polar surface area (TPSA) is 20.2 Å². The fourth-order valence-corrected chi connectivity index (χ4v) is 3.09. The number of halogens is 4. The van der Waals surface area contributed by atoms with E-state index in [2.05, 4.69) is 22.6 Å². The van der Waals surface area contributed by atoms with Gasteiger partial charge in [-0.1, -0.05) is 12.1 Å². The Morgan fingerprint density at radius 1 is 1.21 bits per heavy atom. The second-order valence-electron chi connectivity index (χ2n) is 4.10. The first kappa shape index (κ1) is 14.8. The zero-order chi connectivity index (χ0) is 14.0. The van der Waals surface area contributed by atoms with Crippen molar-refractivity contribution in [1.82, 2.24) is 0 Å². The third kappa shape index (κ3) is 3.93. The van der Waals surface area contributed by atoms with E-state index in [1.807, 2.05) is 11.4 Å². The van der Waals surface area contributed by atoms with Crippen LogP contribution < -0.4 is 0 Å². The Morgan fingerprint density at radius 3 is 2.32 bits per heavy atom. The lowest BCUT2D eigenvalue weighted by Gasteiger charge is -2.10. The molecule has 0 aliphatic heterocycles. The van der Waals surface area contributed by atoms with Crippen molar-refractivity contribution in [3.05, 3.63) is 55.3 Å². The highest BCUT2D eigenvalue weighted by Crippen LogP contribution is 2.30. The van der Waals surface area contributed by atoms with Gasteiger partial charge in [0, 0.05) is 6.42 Å². The largest absolute Gasteiger partial charge is 0.416 e. The molecule has 1 N–H and O–H groups in total. The van der Waals surface area contributed by atoms with Gasteiger partial charge in [-0.05, 0) is 57.3 Å². The van der Waals surface area contributed by atoms with E-state index >= 15 is 0 Å². The van der Waals surface area contributed by atoms with E-state index in [1.54, 1.807) is 0 Å². The van der Waals surface area contributed by atoms with E-state index in [0.717, 1.165) is 20.6 Å². The smallest absolute Gasteiger partial charge is 0.388 e. The molecule has 0 aliphatic carbocycles. The van der Waals surface area contributed by atoms with Gasteiger partial charge < -0.3 is 5.11 Å². The van der Waals surface area contributed by atoms with Crippen molar-refractivity contribution < 1.29 is 18.3 Å². The maximum absolute atomic E-state index is 12.4. The lowest BCUT2D eigenvalue weighted by atomic mass is 10.0. The number of thiophene rings is 1. The number of aliphatic hydroxyl groups is 1. The number of aliphatic hydroxyl groups excluding tert-OH is 1. The van der Waals surface area contributed by atoms with Crippen LogP contribution in [0.5, 0.6) is 0 Å². The van der Waals surface area contributed by atoms with Crippen LogP contribution in [0.3, 0.4) is 0 Å². The van der Waals surface area contributed by atoms with Gasteiger partial charge in [0.25, 0.3) is 0 Å². The molecule has 1 nitrogen and oxygen atoms in total. The van der Waals surface area contributed by atoms with Gasteiger partial charge in [-0.15, -0.1) is 11.3 Å². The Morgan fingerprint density at radius 2 is 1.84 bits per heavy atom. The maximum atomic E-state index is 12.4. The molecular weight excluding hydrogens is 388 g/mol. The van der Waals surface area contributed by atoms with Gasteiger partial charge in [0.05, 0.1) is 14.6 Å². The molecule has 2 aromatic rings. The minimum Gasteiger partial charge on any atom is -0.388 e. The van der Waals surface area contributed by atoms with Crippen molar-refractivity contribution in [2.24, 2.45) is 0 Å². The van der Waals surface area contributed by atoms with Gasteiger partial charge in [0.2, 0.25) is 0 Å². The van der Waals surface area contributed by atoms with Gasteiger partial charge in [-0.2, -0.15) is 13.2 Å². The highest BCUT2D eigenvalue weighted by molar-refractivity contribution is 14.1. The van der Waals surface area contributed by atoms with E-state index in [1.165, 1.54) is 23.5 Å². The van der Waals surface area contributed by atoms with Crippen LogP contribution in [0, 0.1) is 2.88 Å². The fraction of sp³-hybridized carbons (Fsp3) is 0.231. The molecule has 102 valence electrons. The third-order valence-electron chi connectivity index (χ3n) is 2.68. The number of hydrogen-bond acceptors (Lipinski definition) is 2. The Kier molecular flexibility index (Phi) is 4.52. The average molecular weight is 398 g/mol. The lowest BCUT2D eigenvalue weighted by Crippen LogP contribution is -2.05. The van der Waals surface area contributed by atoms with E-state index in [-0.39, 0.29) is 0 Å². The van der Waals surface area contributed by atoms with Gasteiger partial charge in [-0.25, -0.2) is 0 Å². The van der Waals surface area contributed by atoms with Crippen LogP contribution in [0.1, 0.15) is 22.8 Å². The monoisotopic (exact) mass is 398 g/mol. The molecule has 0 spiro atoms. The summed E-state index contributed by atoms with van der Waals surface area (Å²) in [5.74, 6) is 0. The Balaban J connectivity index is 2.07. The molecule has 0 aliphatic rings. The third-order valence-corrected chi connectivity index (χ3v) is 4.49. The van der Waals surface area contributed by atoms with Crippen molar-refractivity contribution in [2.75, 3.05) is 0 Å². The first-order valence-corrected chi connectivity index (χ1v) is 7.40. The zero-order valence-corrected chi connectivity index (χ0v) is 12.6. The van der Waals surface area contributed by atoms with Gasteiger partial charge in [0.15, 0.2) is 0 Å². The molecular formula is C13H10F3IOS. The fourth-order valence-electron chi connectivity index (χ4n) is 1.67. The predicted molar refractivity (Wildman–Crippen MR) is 77.1 cm³/mol. The Hall–Kier alpha value is -0.600. The standard InChI is InChI=1S/C13H10F3IOS/c14-13(15,16)10-3-1-8(2-4-10)5-11(18)9-6-12(17)19-7-9/h1-4,6-7,11,18H,5H2. The molecule has 1 atom stereocenters. The summed E-state index contributed by atoms with van der Waals surface area (Å²) in [6.07, 6.45) is -4.69. The maximum Gasteiger partial charge on any atom is 0.416 e. The first-order valence-electron chi connectivity index (χ1n) is 5.44. The number of benzene rings is 1. The minimum absolute atomic E-state index is 0.310. The quantitative estimate of drug-likeness (QED) is 0.747. The van der Waals surface area contributed by atoms with Crippen LogP contribution >= 0.6 is 33.9 Å². The normalized spacial score (nSPS) is 13.5. The molecule has 1 heterocycles. The van der Waals surface area contributed by atoms with Gasteiger partial charge in [-0.3, -0.25) is 0 Å². The van der Waals surface area contributed by atoms with E-state index in [4.69, 9.17) is 0 Å². The molecule has 6 heteroatoms. The van der Waals surface area contributed by atoms with Crippen LogP contribution in [0.2, 0.25) is 0 Å². The van der Waals surface area contributed by atoms with E-state index in [0.29, 0.717) is 12.0 Å². The van der Waals surface area contributed by atoms with Gasteiger partial charge >= 0.3 is 6.18 Å². The summed E-state index contributed by atoms with van der Waals surface area (Å²) >= 11 is 3.69. The second kappa shape index (κ2) is 5.80. The van der Waals surface area contributed by atoms with E-state index < -0.39 is 17.8 Å². The van der Waals surface area contributed by atoms with Crippen molar-refractivity contribution in [1.29, 1.82) is 0 Å². The zero-order valence-electron chi connectivity index (χ0n) is 9.62. The summed E-state index contributed by atoms with van der Waals surface area (Å²) in [5, 5.41) is 11.9. The molecule has 1 aromatic carbocycles. The second-order valence-corrected chi connectivity index (χ2v) is 6.90.